The van der Waals surface area contributed by atoms with Crippen molar-refractivity contribution < 1.29 is 19.8 Å². The molecule has 0 unspecified atom stereocenters. The molecule has 3 N–H and O–H groups in total. The Balaban J connectivity index is 2.99. The molecular weight excluding hydrogens is 210 g/mol. The number of benzene rings is 1. The Morgan fingerprint density at radius 2 is 2.00 bits per heavy atom. The van der Waals surface area contributed by atoms with Gasteiger partial charge in [-0.3, -0.25) is 4.79 Å². The van der Waals surface area contributed by atoms with Crippen molar-refractivity contribution in [2.75, 3.05) is 5.32 Å². The van der Waals surface area contributed by atoms with E-state index in [1.54, 1.807) is 13.0 Å². The summed E-state index contributed by atoms with van der Waals surface area (Å²) in [7, 11) is 0. The zero-order valence-electron chi connectivity index (χ0n) is 9.02. The third-order valence-corrected chi connectivity index (χ3v) is 2.11. The van der Waals surface area contributed by atoms with Gasteiger partial charge < -0.3 is 15.5 Å². The van der Waals surface area contributed by atoms with Gasteiger partial charge >= 0.3 is 5.97 Å². The van der Waals surface area contributed by atoms with Crippen LogP contribution in [0.4, 0.5) is 5.69 Å². The van der Waals surface area contributed by atoms with Crippen LogP contribution in [0.15, 0.2) is 18.2 Å². The Kier molecular flexibility index (Phi) is 3.63. The average molecular weight is 223 g/mol. The van der Waals surface area contributed by atoms with E-state index in [2.05, 4.69) is 5.32 Å². The Morgan fingerprint density at radius 1 is 1.38 bits per heavy atom. The highest BCUT2D eigenvalue weighted by Gasteiger charge is 2.16. The van der Waals surface area contributed by atoms with Gasteiger partial charge in [-0.05, 0) is 24.1 Å². The van der Waals surface area contributed by atoms with E-state index in [-0.39, 0.29) is 5.91 Å². The summed E-state index contributed by atoms with van der Waals surface area (Å²) < 4.78 is 0. The summed E-state index contributed by atoms with van der Waals surface area (Å²) in [6.07, 6.45) is -1.54. The first-order valence-corrected chi connectivity index (χ1v) is 4.71. The van der Waals surface area contributed by atoms with Crippen LogP contribution < -0.4 is 5.32 Å². The maximum absolute atomic E-state index is 10.8. The normalized spacial score (nSPS) is 11.9. The Morgan fingerprint density at radius 3 is 2.44 bits per heavy atom. The third kappa shape index (κ3) is 2.80. The molecule has 0 radical (unpaired) electrons. The fourth-order valence-corrected chi connectivity index (χ4v) is 1.33. The molecule has 1 rings (SSSR count). The van der Waals surface area contributed by atoms with E-state index in [9.17, 15) is 14.7 Å². The van der Waals surface area contributed by atoms with Gasteiger partial charge in [-0.1, -0.05) is 12.1 Å². The molecule has 1 aromatic rings. The standard InChI is InChI=1S/C11H13NO4/c1-6-5-8(10(14)11(15)16)3-4-9(6)12-7(2)13/h3-5,10,14H,1-2H3,(H,12,13)(H,15,16)/t10-/m1/s1. The number of amides is 1. The average Bonchev–Trinajstić information content (AvgIpc) is 2.19. The molecule has 0 saturated heterocycles. The number of carboxylic acid groups (broad SMARTS) is 1. The highest BCUT2D eigenvalue weighted by atomic mass is 16.4. The van der Waals surface area contributed by atoms with Crippen molar-refractivity contribution in [2.45, 2.75) is 20.0 Å². The van der Waals surface area contributed by atoms with Crippen LogP contribution >= 0.6 is 0 Å². The molecule has 0 saturated carbocycles. The number of anilines is 1. The van der Waals surface area contributed by atoms with Gasteiger partial charge in [0.2, 0.25) is 5.91 Å². The lowest BCUT2D eigenvalue weighted by Crippen LogP contribution is -2.12. The Hall–Kier alpha value is -1.88. The fraction of sp³-hybridized carbons (Fsp3) is 0.273. The molecule has 16 heavy (non-hydrogen) atoms. The molecule has 1 aromatic carbocycles. The number of aliphatic hydroxyl groups excluding tert-OH is 1. The molecule has 0 aliphatic carbocycles. The largest absolute Gasteiger partial charge is 0.479 e. The van der Waals surface area contributed by atoms with E-state index in [0.29, 0.717) is 16.8 Å². The Bertz CT molecular complexity index is 428. The molecule has 0 heterocycles. The summed E-state index contributed by atoms with van der Waals surface area (Å²) in [4.78, 5) is 21.4. The lowest BCUT2D eigenvalue weighted by molar-refractivity contribution is -0.146. The van der Waals surface area contributed by atoms with E-state index in [1.165, 1.54) is 19.1 Å². The van der Waals surface area contributed by atoms with Crippen molar-refractivity contribution in [3.8, 4) is 0 Å². The van der Waals surface area contributed by atoms with E-state index < -0.39 is 12.1 Å². The van der Waals surface area contributed by atoms with E-state index in [1.807, 2.05) is 0 Å². The number of hydrogen-bond donors (Lipinski definition) is 3. The number of nitrogens with one attached hydrogen (secondary N) is 1. The monoisotopic (exact) mass is 223 g/mol. The van der Waals surface area contributed by atoms with Crippen LogP contribution in [0.3, 0.4) is 0 Å². The highest BCUT2D eigenvalue weighted by Crippen LogP contribution is 2.21. The lowest BCUT2D eigenvalue weighted by atomic mass is 10.1. The van der Waals surface area contributed by atoms with Crippen LogP contribution in [0.5, 0.6) is 0 Å². The molecule has 0 fully saturated rings. The smallest absolute Gasteiger partial charge is 0.337 e. The molecule has 0 bridgehead atoms. The first-order chi connectivity index (χ1) is 7.41. The minimum atomic E-state index is -1.54. The predicted octanol–water partition coefficient (Wildman–Crippen LogP) is 1.07. The predicted molar refractivity (Wildman–Crippen MR) is 58.1 cm³/mol. The summed E-state index contributed by atoms with van der Waals surface area (Å²) in [6, 6.07) is 4.57. The molecule has 5 heteroatoms. The van der Waals surface area contributed by atoms with Crippen molar-refractivity contribution in [3.63, 3.8) is 0 Å². The second-order valence-corrected chi connectivity index (χ2v) is 3.50. The van der Waals surface area contributed by atoms with Crippen LogP contribution in [0.2, 0.25) is 0 Å². The Labute approximate surface area is 92.7 Å². The van der Waals surface area contributed by atoms with Crippen molar-refractivity contribution in [1.82, 2.24) is 0 Å². The van der Waals surface area contributed by atoms with Crippen LogP contribution in [0, 0.1) is 6.92 Å². The van der Waals surface area contributed by atoms with Crippen molar-refractivity contribution in [1.29, 1.82) is 0 Å². The van der Waals surface area contributed by atoms with Gasteiger partial charge in [-0.15, -0.1) is 0 Å². The number of hydrogen-bond acceptors (Lipinski definition) is 3. The number of rotatable bonds is 3. The number of aryl methyl sites for hydroxylation is 1. The molecular formula is C11H13NO4. The van der Waals surface area contributed by atoms with Gasteiger partial charge in [0.05, 0.1) is 0 Å². The van der Waals surface area contributed by atoms with Gasteiger partial charge in [0.15, 0.2) is 6.10 Å². The van der Waals surface area contributed by atoms with Crippen molar-refractivity contribution in [3.05, 3.63) is 29.3 Å². The quantitative estimate of drug-likeness (QED) is 0.715. The van der Waals surface area contributed by atoms with E-state index >= 15 is 0 Å². The molecule has 0 aromatic heterocycles. The number of aliphatic carboxylic acids is 1. The molecule has 1 amide bonds. The summed E-state index contributed by atoms with van der Waals surface area (Å²) in [5.41, 5.74) is 1.60. The number of aliphatic hydroxyl groups is 1. The van der Waals surface area contributed by atoms with Crippen molar-refractivity contribution >= 4 is 17.6 Å². The van der Waals surface area contributed by atoms with Gasteiger partial charge in [0.25, 0.3) is 0 Å². The summed E-state index contributed by atoms with van der Waals surface area (Å²) in [6.45, 7) is 3.11. The SMILES string of the molecule is CC(=O)Nc1ccc([C@@H](O)C(=O)O)cc1C. The first-order valence-electron chi connectivity index (χ1n) is 4.71. The van der Waals surface area contributed by atoms with Crippen molar-refractivity contribution in [2.24, 2.45) is 0 Å². The third-order valence-electron chi connectivity index (χ3n) is 2.11. The van der Waals surface area contributed by atoms with Crippen LogP contribution in [0.25, 0.3) is 0 Å². The topological polar surface area (TPSA) is 86.6 Å². The van der Waals surface area contributed by atoms with E-state index in [0.717, 1.165) is 0 Å². The molecule has 0 spiro atoms. The fourth-order valence-electron chi connectivity index (χ4n) is 1.33. The number of carbonyl (C=O) groups excluding carboxylic acids is 1. The maximum Gasteiger partial charge on any atom is 0.337 e. The molecule has 5 nitrogen and oxygen atoms in total. The lowest BCUT2D eigenvalue weighted by Gasteiger charge is -2.10. The van der Waals surface area contributed by atoms with Crippen LogP contribution in [0.1, 0.15) is 24.2 Å². The van der Waals surface area contributed by atoms with Crippen LogP contribution in [-0.4, -0.2) is 22.1 Å². The molecule has 1 atom stereocenters. The number of carbonyl (C=O) groups is 2. The van der Waals surface area contributed by atoms with Gasteiger partial charge in [-0.25, -0.2) is 4.79 Å². The second-order valence-electron chi connectivity index (χ2n) is 3.50. The first kappa shape index (κ1) is 12.2. The zero-order chi connectivity index (χ0) is 12.3. The minimum Gasteiger partial charge on any atom is -0.479 e. The molecule has 0 aliphatic rings. The zero-order valence-corrected chi connectivity index (χ0v) is 9.02. The second kappa shape index (κ2) is 4.76. The molecule has 86 valence electrons. The summed E-state index contributed by atoms with van der Waals surface area (Å²) in [5.74, 6) is -1.50. The van der Waals surface area contributed by atoms with Gasteiger partial charge in [0, 0.05) is 12.6 Å². The summed E-state index contributed by atoms with van der Waals surface area (Å²) >= 11 is 0. The van der Waals surface area contributed by atoms with Gasteiger partial charge in [-0.2, -0.15) is 0 Å². The number of carboxylic acids is 1. The minimum absolute atomic E-state index is 0.199. The van der Waals surface area contributed by atoms with Crippen LogP contribution in [-0.2, 0) is 9.59 Å². The maximum atomic E-state index is 10.8. The van der Waals surface area contributed by atoms with E-state index in [4.69, 9.17) is 5.11 Å². The van der Waals surface area contributed by atoms with Gasteiger partial charge in [0.1, 0.15) is 0 Å². The molecule has 0 aliphatic heterocycles. The highest BCUT2D eigenvalue weighted by molar-refractivity contribution is 5.89. The summed E-state index contributed by atoms with van der Waals surface area (Å²) in [5, 5.41) is 20.5.